The molecule has 0 saturated carbocycles. The summed E-state index contributed by atoms with van der Waals surface area (Å²) in [7, 11) is 0. The van der Waals surface area contributed by atoms with Gasteiger partial charge in [-0.2, -0.15) is 0 Å². The van der Waals surface area contributed by atoms with E-state index < -0.39 is 4.92 Å². The van der Waals surface area contributed by atoms with Crippen LogP contribution in [0, 0.1) is 10.1 Å². The lowest BCUT2D eigenvalue weighted by molar-refractivity contribution is -0.384. The van der Waals surface area contributed by atoms with Crippen molar-refractivity contribution >= 4 is 17.3 Å². The van der Waals surface area contributed by atoms with Gasteiger partial charge in [0.1, 0.15) is 0 Å². The number of fused-ring (bicyclic) bond motifs is 1. The van der Waals surface area contributed by atoms with Crippen LogP contribution in [0.2, 0.25) is 0 Å². The van der Waals surface area contributed by atoms with Crippen LogP contribution in [0.25, 0.3) is 0 Å². The number of anilines is 1. The molecule has 0 atom stereocenters. The van der Waals surface area contributed by atoms with Gasteiger partial charge in [-0.15, -0.1) is 0 Å². The molecule has 2 aromatic rings. The van der Waals surface area contributed by atoms with E-state index in [2.05, 4.69) is 10.6 Å². The van der Waals surface area contributed by atoms with E-state index in [0.717, 1.165) is 5.56 Å². The van der Waals surface area contributed by atoms with E-state index in [4.69, 9.17) is 9.47 Å². The maximum atomic E-state index is 11.9. The van der Waals surface area contributed by atoms with E-state index >= 15 is 0 Å². The summed E-state index contributed by atoms with van der Waals surface area (Å²) in [6.07, 6.45) is 0. The number of nitro groups is 1. The first-order chi connectivity index (χ1) is 11.6. The SMILES string of the molecule is O=C(CNc1cccc([N+](=O)[O-])c1)NCc1ccc2c(c1)OCO2. The van der Waals surface area contributed by atoms with Crippen LogP contribution in [-0.4, -0.2) is 24.2 Å². The lowest BCUT2D eigenvalue weighted by atomic mass is 10.2. The molecule has 1 amide bonds. The highest BCUT2D eigenvalue weighted by atomic mass is 16.7. The zero-order valence-electron chi connectivity index (χ0n) is 12.7. The third-order valence-electron chi connectivity index (χ3n) is 3.44. The number of amides is 1. The van der Waals surface area contributed by atoms with Gasteiger partial charge in [0.15, 0.2) is 11.5 Å². The first-order valence-electron chi connectivity index (χ1n) is 7.25. The fourth-order valence-corrected chi connectivity index (χ4v) is 2.23. The van der Waals surface area contributed by atoms with E-state index in [0.29, 0.717) is 23.7 Å². The molecule has 0 bridgehead atoms. The highest BCUT2D eigenvalue weighted by Gasteiger charge is 2.13. The lowest BCUT2D eigenvalue weighted by Crippen LogP contribution is -2.29. The van der Waals surface area contributed by atoms with E-state index in [1.165, 1.54) is 12.1 Å². The van der Waals surface area contributed by atoms with Gasteiger partial charge in [-0.1, -0.05) is 12.1 Å². The van der Waals surface area contributed by atoms with Gasteiger partial charge < -0.3 is 20.1 Å². The van der Waals surface area contributed by atoms with Crippen LogP contribution in [-0.2, 0) is 11.3 Å². The molecule has 0 fully saturated rings. The van der Waals surface area contributed by atoms with Crippen molar-refractivity contribution in [3.8, 4) is 11.5 Å². The summed E-state index contributed by atoms with van der Waals surface area (Å²) in [6, 6.07) is 11.5. The van der Waals surface area contributed by atoms with E-state index in [1.807, 2.05) is 12.1 Å². The minimum atomic E-state index is -0.481. The van der Waals surface area contributed by atoms with Crippen LogP contribution in [0.3, 0.4) is 0 Å². The molecule has 0 unspecified atom stereocenters. The molecule has 2 aromatic carbocycles. The molecule has 3 rings (SSSR count). The zero-order valence-corrected chi connectivity index (χ0v) is 12.7. The number of non-ortho nitro benzene ring substituents is 1. The third kappa shape index (κ3) is 3.72. The van der Waals surface area contributed by atoms with Crippen molar-refractivity contribution in [3.63, 3.8) is 0 Å². The topological polar surface area (TPSA) is 103 Å². The molecule has 0 radical (unpaired) electrons. The molecule has 0 aliphatic carbocycles. The molecule has 24 heavy (non-hydrogen) atoms. The number of carbonyl (C=O) groups excluding carboxylic acids is 1. The van der Waals surface area contributed by atoms with Crippen molar-refractivity contribution in [2.45, 2.75) is 6.54 Å². The normalized spacial score (nSPS) is 11.8. The van der Waals surface area contributed by atoms with Crippen LogP contribution in [0.1, 0.15) is 5.56 Å². The second kappa shape index (κ2) is 6.86. The van der Waals surface area contributed by atoms with E-state index in [9.17, 15) is 14.9 Å². The van der Waals surface area contributed by atoms with E-state index in [-0.39, 0.29) is 24.9 Å². The third-order valence-corrected chi connectivity index (χ3v) is 3.44. The Bertz CT molecular complexity index is 778. The van der Waals surface area contributed by atoms with Gasteiger partial charge in [0.05, 0.1) is 11.5 Å². The first-order valence-corrected chi connectivity index (χ1v) is 7.25. The van der Waals surface area contributed by atoms with Gasteiger partial charge in [0.25, 0.3) is 5.69 Å². The van der Waals surface area contributed by atoms with Gasteiger partial charge in [-0.3, -0.25) is 14.9 Å². The fourth-order valence-electron chi connectivity index (χ4n) is 2.23. The second-order valence-corrected chi connectivity index (χ2v) is 5.13. The Hall–Kier alpha value is -3.29. The predicted molar refractivity (Wildman–Crippen MR) is 86.0 cm³/mol. The molecule has 0 spiro atoms. The van der Waals surface area contributed by atoms with Crippen molar-refractivity contribution in [2.24, 2.45) is 0 Å². The minimum Gasteiger partial charge on any atom is -0.454 e. The molecule has 1 heterocycles. The summed E-state index contributed by atoms with van der Waals surface area (Å²) in [5, 5.41) is 16.3. The number of nitrogens with one attached hydrogen (secondary N) is 2. The number of hydrogen-bond donors (Lipinski definition) is 2. The Morgan fingerprint density at radius 2 is 2.00 bits per heavy atom. The van der Waals surface area contributed by atoms with Crippen molar-refractivity contribution < 1.29 is 19.2 Å². The Morgan fingerprint density at radius 1 is 1.17 bits per heavy atom. The van der Waals surface area contributed by atoms with Crippen molar-refractivity contribution in [3.05, 3.63) is 58.1 Å². The summed E-state index contributed by atoms with van der Waals surface area (Å²) in [5.74, 6) is 1.13. The molecule has 8 nitrogen and oxygen atoms in total. The van der Waals surface area contributed by atoms with Gasteiger partial charge in [0.2, 0.25) is 12.7 Å². The van der Waals surface area contributed by atoms with Crippen LogP contribution < -0.4 is 20.1 Å². The average Bonchev–Trinajstić information content (AvgIpc) is 3.06. The Balaban J connectivity index is 1.49. The number of nitro benzene ring substituents is 1. The maximum absolute atomic E-state index is 11.9. The van der Waals surface area contributed by atoms with Crippen molar-refractivity contribution in [2.75, 3.05) is 18.7 Å². The number of benzene rings is 2. The van der Waals surface area contributed by atoms with Gasteiger partial charge in [-0.25, -0.2) is 0 Å². The number of nitrogens with zero attached hydrogens (tertiary/aromatic N) is 1. The van der Waals surface area contributed by atoms with Gasteiger partial charge in [0, 0.05) is 24.4 Å². The van der Waals surface area contributed by atoms with Crippen LogP contribution in [0.15, 0.2) is 42.5 Å². The fraction of sp³-hybridized carbons (Fsp3) is 0.188. The summed E-state index contributed by atoms with van der Waals surface area (Å²) < 4.78 is 10.5. The Kier molecular flexibility index (Phi) is 4.46. The van der Waals surface area contributed by atoms with Crippen LogP contribution in [0.5, 0.6) is 11.5 Å². The molecular formula is C16H15N3O5. The monoisotopic (exact) mass is 329 g/mol. The number of hydrogen-bond acceptors (Lipinski definition) is 6. The first kappa shape index (κ1) is 15.6. The molecule has 0 aromatic heterocycles. The molecule has 2 N–H and O–H groups in total. The lowest BCUT2D eigenvalue weighted by Gasteiger charge is -2.08. The number of rotatable bonds is 6. The molecule has 8 heteroatoms. The van der Waals surface area contributed by atoms with Crippen LogP contribution in [0.4, 0.5) is 11.4 Å². The Morgan fingerprint density at radius 3 is 2.83 bits per heavy atom. The average molecular weight is 329 g/mol. The number of ether oxygens (including phenoxy) is 2. The predicted octanol–water partition coefficient (Wildman–Crippen LogP) is 2.05. The molecule has 1 aliphatic rings. The standard InChI is InChI=1S/C16H15N3O5/c20-16(9-17-12-2-1-3-13(7-12)19(21)22)18-8-11-4-5-14-15(6-11)24-10-23-14/h1-7,17H,8-10H2,(H,18,20). The molecule has 0 saturated heterocycles. The summed E-state index contributed by atoms with van der Waals surface area (Å²) in [6.45, 7) is 0.579. The van der Waals surface area contributed by atoms with Crippen LogP contribution >= 0.6 is 0 Å². The smallest absolute Gasteiger partial charge is 0.271 e. The quantitative estimate of drug-likeness (QED) is 0.621. The molecule has 1 aliphatic heterocycles. The largest absolute Gasteiger partial charge is 0.454 e. The number of carbonyl (C=O) groups is 1. The summed E-state index contributed by atoms with van der Waals surface area (Å²) in [4.78, 5) is 22.1. The summed E-state index contributed by atoms with van der Waals surface area (Å²) >= 11 is 0. The highest BCUT2D eigenvalue weighted by Crippen LogP contribution is 2.32. The summed E-state index contributed by atoms with van der Waals surface area (Å²) in [5.41, 5.74) is 1.38. The minimum absolute atomic E-state index is 0.0196. The van der Waals surface area contributed by atoms with E-state index in [1.54, 1.807) is 18.2 Å². The highest BCUT2D eigenvalue weighted by molar-refractivity contribution is 5.80. The van der Waals surface area contributed by atoms with Crippen molar-refractivity contribution in [1.82, 2.24) is 5.32 Å². The zero-order chi connectivity index (χ0) is 16.9. The second-order valence-electron chi connectivity index (χ2n) is 5.13. The van der Waals surface area contributed by atoms with Gasteiger partial charge in [-0.05, 0) is 23.8 Å². The maximum Gasteiger partial charge on any atom is 0.271 e. The Labute approximate surface area is 137 Å². The van der Waals surface area contributed by atoms with Crippen molar-refractivity contribution in [1.29, 1.82) is 0 Å². The molecule has 124 valence electrons. The van der Waals surface area contributed by atoms with Gasteiger partial charge >= 0.3 is 0 Å². The molecular weight excluding hydrogens is 314 g/mol.